The van der Waals surface area contributed by atoms with Gasteiger partial charge >= 0.3 is 0 Å². The lowest BCUT2D eigenvalue weighted by Gasteiger charge is -2.05. The van der Waals surface area contributed by atoms with Crippen LogP contribution in [0, 0.1) is 0 Å². The fourth-order valence-corrected chi connectivity index (χ4v) is 3.53. The normalized spacial score (nSPS) is 12.0. The highest BCUT2D eigenvalue weighted by atomic mass is 35.5. The van der Waals surface area contributed by atoms with E-state index in [0.29, 0.717) is 29.6 Å². The zero-order valence-electron chi connectivity index (χ0n) is 13.0. The second kappa shape index (κ2) is 7.65. The Labute approximate surface area is 147 Å². The highest BCUT2D eigenvalue weighted by Crippen LogP contribution is 2.22. The average molecular weight is 363 g/mol. The summed E-state index contributed by atoms with van der Waals surface area (Å²) in [6.07, 6.45) is 4.39. The van der Waals surface area contributed by atoms with E-state index < -0.39 is 5.91 Å². The molecule has 0 bridgehead atoms. The first-order valence-electron chi connectivity index (χ1n) is 7.40. The molecule has 2 heterocycles. The quantitative estimate of drug-likeness (QED) is 0.654. The van der Waals surface area contributed by atoms with Gasteiger partial charge in [0, 0.05) is 30.6 Å². The van der Waals surface area contributed by atoms with Gasteiger partial charge in [0.15, 0.2) is 4.80 Å². The second-order valence-corrected chi connectivity index (χ2v) is 6.30. The number of hydrogen-bond donors (Lipinski definition) is 0. The lowest BCUT2D eigenvalue weighted by molar-refractivity contribution is 0.0991. The lowest BCUT2D eigenvalue weighted by Crippen LogP contribution is -2.20. The number of aromatic nitrogens is 3. The summed E-state index contributed by atoms with van der Waals surface area (Å²) in [5, 5.41) is 0.646. The molecule has 1 aromatic carbocycles. The molecular weight excluding hydrogens is 348 g/mol. The Morgan fingerprint density at radius 2 is 2.29 bits per heavy atom. The Morgan fingerprint density at radius 3 is 3.04 bits per heavy atom. The minimum atomic E-state index is -0.425. The Balaban J connectivity index is 2.06. The molecule has 0 aliphatic rings. The monoisotopic (exact) mass is 362 g/mol. The number of thiazole rings is 1. The molecule has 3 aromatic rings. The van der Waals surface area contributed by atoms with Crippen molar-refractivity contribution in [1.82, 2.24) is 14.5 Å². The minimum Gasteiger partial charge on any atom is -0.380 e. The first kappa shape index (κ1) is 16.8. The molecule has 0 saturated heterocycles. The number of amides is 1. The van der Waals surface area contributed by atoms with Crippen molar-refractivity contribution in [3.05, 3.63) is 52.3 Å². The highest BCUT2D eigenvalue weighted by molar-refractivity contribution is 7.16. The van der Waals surface area contributed by atoms with E-state index in [9.17, 15) is 4.79 Å². The molecule has 3 rings (SSSR count). The van der Waals surface area contributed by atoms with Gasteiger partial charge in [-0.2, -0.15) is 4.99 Å². The van der Waals surface area contributed by atoms with Crippen molar-refractivity contribution in [2.24, 2.45) is 4.99 Å². The van der Waals surface area contributed by atoms with Crippen LogP contribution in [0.15, 0.2) is 41.8 Å². The van der Waals surface area contributed by atoms with E-state index in [-0.39, 0.29) is 5.69 Å². The van der Waals surface area contributed by atoms with Gasteiger partial charge in [0.05, 0.1) is 23.0 Å². The van der Waals surface area contributed by atoms with Gasteiger partial charge in [0.25, 0.3) is 5.91 Å². The van der Waals surface area contributed by atoms with Gasteiger partial charge in [0.2, 0.25) is 0 Å². The summed E-state index contributed by atoms with van der Waals surface area (Å²) < 4.78 is 8.35. The summed E-state index contributed by atoms with van der Waals surface area (Å²) in [4.78, 5) is 25.0. The number of ether oxygens (including phenoxy) is 1. The molecule has 0 aliphatic carbocycles. The predicted molar refractivity (Wildman–Crippen MR) is 93.2 cm³/mol. The molecule has 1 amide bonds. The first-order valence-corrected chi connectivity index (χ1v) is 8.60. The van der Waals surface area contributed by atoms with Crippen molar-refractivity contribution in [2.45, 2.75) is 13.5 Å². The Bertz CT molecular complexity index is 921. The molecule has 124 valence electrons. The van der Waals surface area contributed by atoms with Crippen molar-refractivity contribution in [2.75, 3.05) is 13.2 Å². The van der Waals surface area contributed by atoms with E-state index in [1.807, 2.05) is 29.7 Å². The SMILES string of the molecule is CCOCCn1c(=NC(=O)c2cnccn2)sc2cc(Cl)ccc21. The molecule has 0 saturated carbocycles. The molecule has 8 heteroatoms. The molecular formula is C16H15ClN4O2S. The number of carbonyl (C=O) groups is 1. The zero-order chi connectivity index (χ0) is 16.9. The van der Waals surface area contributed by atoms with Gasteiger partial charge < -0.3 is 9.30 Å². The Morgan fingerprint density at radius 1 is 1.42 bits per heavy atom. The summed E-state index contributed by atoms with van der Waals surface area (Å²) in [6, 6.07) is 5.61. The maximum atomic E-state index is 12.3. The van der Waals surface area contributed by atoms with Crippen molar-refractivity contribution in [3.8, 4) is 0 Å². The minimum absolute atomic E-state index is 0.212. The molecule has 0 N–H and O–H groups in total. The van der Waals surface area contributed by atoms with Crippen molar-refractivity contribution in [1.29, 1.82) is 0 Å². The first-order chi connectivity index (χ1) is 11.7. The molecule has 24 heavy (non-hydrogen) atoms. The number of hydrogen-bond acceptors (Lipinski definition) is 5. The van der Waals surface area contributed by atoms with E-state index in [4.69, 9.17) is 16.3 Å². The number of fused-ring (bicyclic) bond motifs is 1. The van der Waals surface area contributed by atoms with Crippen LogP contribution in [0.3, 0.4) is 0 Å². The van der Waals surface area contributed by atoms with Gasteiger partial charge in [-0.3, -0.25) is 9.78 Å². The van der Waals surface area contributed by atoms with Crippen LogP contribution in [0.25, 0.3) is 10.2 Å². The van der Waals surface area contributed by atoms with Crippen LogP contribution in [-0.4, -0.2) is 33.7 Å². The summed E-state index contributed by atoms with van der Waals surface area (Å²) in [7, 11) is 0. The van der Waals surface area contributed by atoms with Crippen LogP contribution in [0.4, 0.5) is 0 Å². The fourth-order valence-electron chi connectivity index (χ4n) is 2.20. The molecule has 0 fully saturated rings. The summed E-state index contributed by atoms with van der Waals surface area (Å²) >= 11 is 7.47. The van der Waals surface area contributed by atoms with Gasteiger partial charge in [-0.1, -0.05) is 22.9 Å². The van der Waals surface area contributed by atoms with Gasteiger partial charge in [-0.25, -0.2) is 4.98 Å². The summed E-state index contributed by atoms with van der Waals surface area (Å²) in [5.74, 6) is -0.425. The molecule has 0 spiro atoms. The molecule has 0 unspecified atom stereocenters. The molecule has 0 radical (unpaired) electrons. The van der Waals surface area contributed by atoms with Gasteiger partial charge in [-0.05, 0) is 25.1 Å². The van der Waals surface area contributed by atoms with Gasteiger partial charge in [-0.15, -0.1) is 0 Å². The smallest absolute Gasteiger partial charge is 0.299 e. The lowest BCUT2D eigenvalue weighted by atomic mass is 10.3. The second-order valence-electron chi connectivity index (χ2n) is 4.85. The van der Waals surface area contributed by atoms with Crippen molar-refractivity contribution < 1.29 is 9.53 Å². The summed E-state index contributed by atoms with van der Waals surface area (Å²) in [5.41, 5.74) is 1.18. The molecule has 6 nitrogen and oxygen atoms in total. The third kappa shape index (κ3) is 3.69. The third-order valence-electron chi connectivity index (χ3n) is 3.29. The fraction of sp³-hybridized carbons (Fsp3) is 0.250. The Kier molecular flexibility index (Phi) is 5.34. The molecule has 0 aliphatic heterocycles. The topological polar surface area (TPSA) is 69.4 Å². The standard InChI is InChI=1S/C16H15ClN4O2S/c1-2-23-8-7-21-13-4-3-11(17)9-14(13)24-16(21)20-15(22)12-10-18-5-6-19-12/h3-6,9-10H,2,7-8H2,1H3. The van der Waals surface area contributed by atoms with Crippen LogP contribution in [-0.2, 0) is 11.3 Å². The van der Waals surface area contributed by atoms with Crippen molar-refractivity contribution >= 4 is 39.1 Å². The maximum Gasteiger partial charge on any atom is 0.299 e. The third-order valence-corrected chi connectivity index (χ3v) is 4.56. The average Bonchev–Trinajstić information content (AvgIpc) is 2.92. The number of benzene rings is 1. The van der Waals surface area contributed by atoms with E-state index in [1.54, 1.807) is 0 Å². The largest absolute Gasteiger partial charge is 0.380 e. The van der Waals surface area contributed by atoms with Crippen LogP contribution in [0.1, 0.15) is 17.4 Å². The van der Waals surface area contributed by atoms with Crippen LogP contribution in [0.2, 0.25) is 5.02 Å². The molecule has 2 aromatic heterocycles. The van der Waals surface area contributed by atoms with E-state index in [2.05, 4.69) is 15.0 Å². The van der Waals surface area contributed by atoms with E-state index in [1.165, 1.54) is 29.9 Å². The Hall–Kier alpha value is -2.09. The highest BCUT2D eigenvalue weighted by Gasteiger charge is 2.10. The zero-order valence-corrected chi connectivity index (χ0v) is 14.5. The number of halogens is 1. The summed E-state index contributed by atoms with van der Waals surface area (Å²) in [6.45, 7) is 3.72. The van der Waals surface area contributed by atoms with Crippen molar-refractivity contribution in [3.63, 3.8) is 0 Å². The van der Waals surface area contributed by atoms with Gasteiger partial charge in [0.1, 0.15) is 5.69 Å². The number of nitrogens with zero attached hydrogens (tertiary/aromatic N) is 4. The molecule has 0 atom stereocenters. The predicted octanol–water partition coefficient (Wildman–Crippen LogP) is 2.92. The maximum absolute atomic E-state index is 12.3. The van der Waals surface area contributed by atoms with Crippen LogP contribution < -0.4 is 4.80 Å². The van der Waals surface area contributed by atoms with E-state index in [0.717, 1.165) is 10.2 Å². The number of carbonyl (C=O) groups excluding carboxylic acids is 1. The number of rotatable bonds is 5. The van der Waals surface area contributed by atoms with Crippen LogP contribution in [0.5, 0.6) is 0 Å². The van der Waals surface area contributed by atoms with Crippen LogP contribution >= 0.6 is 22.9 Å². The van der Waals surface area contributed by atoms with E-state index >= 15 is 0 Å².